The van der Waals surface area contributed by atoms with E-state index < -0.39 is 97.9 Å². The van der Waals surface area contributed by atoms with Crippen molar-refractivity contribution in [2.45, 2.75) is 271 Å². The number of Topliss-reactive ketones (excluding diaryl/α,β-unsaturated/α-hetero) is 1. The smallest absolute Gasteiger partial charge is 0.338 e. The maximum atomic E-state index is 15.8. The van der Waals surface area contributed by atoms with Crippen molar-refractivity contribution >= 4 is 54.2 Å². The fourth-order valence-electron chi connectivity index (χ4n) is 14.5. The van der Waals surface area contributed by atoms with Gasteiger partial charge in [0.25, 0.3) is 0 Å². The second kappa shape index (κ2) is 27.3. The van der Waals surface area contributed by atoms with Crippen LogP contribution in [0.25, 0.3) is 0 Å². The van der Waals surface area contributed by atoms with Crippen LogP contribution >= 0.6 is 15.9 Å². The van der Waals surface area contributed by atoms with Crippen LogP contribution in [0.1, 0.15) is 150 Å². The predicted molar refractivity (Wildman–Crippen MR) is 334 cm³/mol. The molecule has 0 N–H and O–H groups in total. The van der Waals surface area contributed by atoms with E-state index in [4.69, 9.17) is 46.7 Å². The van der Waals surface area contributed by atoms with E-state index in [9.17, 15) is 4.79 Å². The van der Waals surface area contributed by atoms with Gasteiger partial charge in [-0.15, -0.1) is 0 Å². The van der Waals surface area contributed by atoms with Crippen molar-refractivity contribution in [1.82, 2.24) is 0 Å². The second-order valence-corrected chi connectivity index (χ2v) is 40.2. The highest BCUT2D eigenvalue weighted by molar-refractivity contribution is 9.11. The van der Waals surface area contributed by atoms with Crippen LogP contribution in [0.2, 0.25) is 36.3 Å². The first kappa shape index (κ1) is 66.0. The lowest BCUT2D eigenvalue weighted by molar-refractivity contribution is -0.292. The molecule has 0 aliphatic carbocycles. The SMILES string of the molecule is C=C(Br)C[C@H](CC[C@@]12C[C@H]3O[C@H]4C(O1)[C@H]1O[C@@H](CC(=O)C(C5C(C[C@H]6O[C@@H](CCCO[Si](CC)(CC)CC)C[C@@H](C)C6=C)O[C@H](C[C@H](C)CO[Si](C)(C)C(C)(C)C)[C@@H]5C)S(=O)(=O)c5ccccc5)CC[C@@H]1O[C@H]4[C@H]3O2)OC(=O)c1ccccc1. The summed E-state index contributed by atoms with van der Waals surface area (Å²) in [6.45, 7) is 34.4. The van der Waals surface area contributed by atoms with Gasteiger partial charge in [-0.25, -0.2) is 13.2 Å². The summed E-state index contributed by atoms with van der Waals surface area (Å²) in [7, 11) is -8.13. The van der Waals surface area contributed by atoms with Crippen LogP contribution in [-0.4, -0.2) is 140 Å². The van der Waals surface area contributed by atoms with Gasteiger partial charge in [-0.05, 0) is 133 Å². The first-order valence-corrected chi connectivity index (χ1v) is 39.6. The molecule has 468 valence electrons. The number of hydrogen-bond donors (Lipinski definition) is 0. The number of sulfone groups is 1. The number of carbonyl (C=O) groups excluding carboxylic acids is 2. The Hall–Kier alpha value is -2.44. The van der Waals surface area contributed by atoms with Gasteiger partial charge in [0.1, 0.15) is 41.9 Å². The van der Waals surface area contributed by atoms with E-state index in [0.29, 0.717) is 68.0 Å². The van der Waals surface area contributed by atoms with E-state index in [1.165, 1.54) is 0 Å². The number of hydrogen-bond acceptors (Lipinski definition) is 14. The van der Waals surface area contributed by atoms with E-state index in [0.717, 1.165) is 49.6 Å². The fraction of sp³-hybridized carbons (Fsp3) is 0.727. The van der Waals surface area contributed by atoms with Crippen molar-refractivity contribution in [1.29, 1.82) is 0 Å². The Labute approximate surface area is 513 Å². The number of fused-ring (bicyclic) bond motifs is 1. The third kappa shape index (κ3) is 14.6. The lowest BCUT2D eigenvalue weighted by Gasteiger charge is -2.47. The molecule has 8 fully saturated rings. The number of esters is 1. The van der Waals surface area contributed by atoms with Crippen LogP contribution in [0.5, 0.6) is 0 Å². The second-order valence-electron chi connectivity index (χ2n) is 27.5. The lowest BCUT2D eigenvalue weighted by atomic mass is 9.78. The molecule has 0 amide bonds. The molecule has 0 aromatic heterocycles. The number of carbonyl (C=O) groups is 2. The minimum Gasteiger partial charge on any atom is -0.458 e. The van der Waals surface area contributed by atoms with Crippen LogP contribution in [0.15, 0.2) is 88.8 Å². The predicted octanol–water partition coefficient (Wildman–Crippen LogP) is 13.7. The Morgan fingerprint density at radius 2 is 1.48 bits per heavy atom. The van der Waals surface area contributed by atoms with Gasteiger partial charge in [-0.3, -0.25) is 4.79 Å². The molecular weight excluding hydrogens is 1180 g/mol. The van der Waals surface area contributed by atoms with Gasteiger partial charge in [-0.1, -0.05) is 128 Å². The zero-order chi connectivity index (χ0) is 60.5. The largest absolute Gasteiger partial charge is 0.458 e. The third-order valence-electron chi connectivity index (χ3n) is 20.7. The minimum atomic E-state index is -4.32. The molecule has 8 heterocycles. The molecule has 0 spiro atoms. The minimum absolute atomic E-state index is 0.0242. The van der Waals surface area contributed by atoms with Gasteiger partial charge in [-0.2, -0.15) is 0 Å². The Morgan fingerprint density at radius 1 is 0.821 bits per heavy atom. The van der Waals surface area contributed by atoms with Crippen molar-refractivity contribution in [3.63, 3.8) is 0 Å². The Bertz CT molecular complexity index is 2680. The zero-order valence-corrected chi connectivity index (χ0v) is 56.5. The number of halogens is 1. The normalized spacial score (nSPS) is 34.2. The van der Waals surface area contributed by atoms with Gasteiger partial charge >= 0.3 is 5.97 Å². The number of rotatable bonds is 28. The van der Waals surface area contributed by atoms with Crippen LogP contribution in [0, 0.1) is 23.7 Å². The lowest BCUT2D eigenvalue weighted by Crippen LogP contribution is -2.62. The standard InChI is InChI=1S/C66H99BrO14SSi2/c1-14-84(15-2,16-3)72-33-23-26-47-35-42(5)44(7)54(74-47)38-55-57(45(8)53(77-55)34-41(4)40-73-83(12,13)65(9,10)11)63(82(70,71)50-27-21-18-22-28-50)51(68)37-48-29-30-52-58(75-48)62-61-60(78-52)59-56(79-61)39-66(80-59,81-62)32-31-49(36-43(6)67)76-64(69)46-24-19-17-20-25-46/h17-22,24-25,27-28,41-42,45,47-49,52-63H,6-7,14-16,23,26,29-40H2,1-5,8-13H3/t41-,42+,45-,47-,48+,49-,52-,53+,54+,55?,56+,57?,58-,59-,60-,61+,62?,63?,66-/m0/s1. The molecule has 14 nitrogen and oxygen atoms in total. The molecule has 2 aromatic rings. The summed E-state index contributed by atoms with van der Waals surface area (Å²) in [5.74, 6) is -2.67. The van der Waals surface area contributed by atoms with Gasteiger partial charge in [0, 0.05) is 51.2 Å². The fourth-order valence-corrected chi connectivity index (χ4v) is 20.7. The Balaban J connectivity index is 0.961. The molecular formula is C66H99BrO14SSi2. The highest BCUT2D eigenvalue weighted by Crippen LogP contribution is 2.55. The Kier molecular flexibility index (Phi) is 21.5. The summed E-state index contributed by atoms with van der Waals surface area (Å²) in [6.07, 6.45) is 0.623. The summed E-state index contributed by atoms with van der Waals surface area (Å²) in [5, 5.41) is -1.41. The monoisotopic (exact) mass is 1280 g/mol. The number of benzene rings is 2. The third-order valence-corrected chi connectivity index (χ3v) is 32.4. The molecule has 19 atom stereocenters. The summed E-state index contributed by atoms with van der Waals surface area (Å²) in [5.41, 5.74) is 1.44. The van der Waals surface area contributed by atoms with E-state index in [-0.39, 0.29) is 70.7 Å². The molecule has 84 heavy (non-hydrogen) atoms. The molecule has 18 heteroatoms. The average Bonchev–Trinajstić information content (AvgIpc) is 1.59. The molecule has 6 bridgehead atoms. The van der Waals surface area contributed by atoms with Crippen molar-refractivity contribution in [2.24, 2.45) is 23.7 Å². The molecule has 0 saturated carbocycles. The van der Waals surface area contributed by atoms with Gasteiger partial charge in [0.2, 0.25) is 0 Å². The molecule has 2 aromatic carbocycles. The Morgan fingerprint density at radius 3 is 2.14 bits per heavy atom. The number of ether oxygens (including phenoxy) is 8. The maximum absolute atomic E-state index is 15.8. The first-order chi connectivity index (χ1) is 39.8. The van der Waals surface area contributed by atoms with Gasteiger partial charge < -0.3 is 46.7 Å². The van der Waals surface area contributed by atoms with Crippen molar-refractivity contribution in [3.8, 4) is 0 Å². The highest BCUT2D eigenvalue weighted by Gasteiger charge is 2.69. The van der Waals surface area contributed by atoms with Crippen molar-refractivity contribution in [3.05, 3.63) is 89.4 Å². The summed E-state index contributed by atoms with van der Waals surface area (Å²) in [4.78, 5) is 29.2. The number of ketones is 1. The van der Waals surface area contributed by atoms with Crippen molar-refractivity contribution < 1.29 is 64.8 Å². The van der Waals surface area contributed by atoms with Gasteiger partial charge in [0.05, 0.1) is 53.2 Å². The molecule has 8 aliphatic rings. The van der Waals surface area contributed by atoms with Gasteiger partial charge in [0.15, 0.2) is 38.0 Å². The quantitative estimate of drug-likeness (QED) is 0.0342. The topological polar surface area (TPSA) is 161 Å². The first-order valence-electron chi connectivity index (χ1n) is 31.8. The summed E-state index contributed by atoms with van der Waals surface area (Å²) in [6, 6.07) is 20.7. The molecule has 4 unspecified atom stereocenters. The summed E-state index contributed by atoms with van der Waals surface area (Å²) >= 11 is 3.50. The van der Waals surface area contributed by atoms with E-state index in [1.54, 1.807) is 54.6 Å². The van der Waals surface area contributed by atoms with E-state index in [2.05, 4.69) is 104 Å². The summed E-state index contributed by atoms with van der Waals surface area (Å²) < 4.78 is 100. The van der Waals surface area contributed by atoms with E-state index >= 15 is 13.2 Å². The van der Waals surface area contributed by atoms with Crippen molar-refractivity contribution in [2.75, 3.05) is 13.2 Å². The molecule has 8 saturated heterocycles. The molecule has 0 radical (unpaired) electrons. The zero-order valence-electron chi connectivity index (χ0n) is 52.1. The molecule has 8 aliphatic heterocycles. The highest BCUT2D eigenvalue weighted by atomic mass is 79.9. The maximum Gasteiger partial charge on any atom is 0.338 e. The van der Waals surface area contributed by atoms with Crippen LogP contribution < -0.4 is 0 Å². The van der Waals surface area contributed by atoms with Crippen LogP contribution in [0.3, 0.4) is 0 Å². The average molecular weight is 1280 g/mol. The van der Waals surface area contributed by atoms with E-state index in [1.807, 2.05) is 6.07 Å². The van der Waals surface area contributed by atoms with Crippen LogP contribution in [0.4, 0.5) is 0 Å². The molecule has 10 rings (SSSR count). The van der Waals surface area contributed by atoms with Crippen LogP contribution in [-0.2, 0) is 61.4 Å².